The zero-order valence-corrected chi connectivity index (χ0v) is 6.68. The molecule has 0 aliphatic heterocycles. The molecule has 0 aliphatic carbocycles. The molecule has 1 rings (SSSR count). The number of halogens is 3. The van der Waals surface area contributed by atoms with Gasteiger partial charge < -0.3 is 4.52 Å². The van der Waals surface area contributed by atoms with Crippen LogP contribution in [0, 0.1) is 11.6 Å². The van der Waals surface area contributed by atoms with Gasteiger partial charge in [0, 0.05) is 0 Å². The highest BCUT2D eigenvalue weighted by molar-refractivity contribution is 7.33. The van der Waals surface area contributed by atoms with Crippen LogP contribution in [0.2, 0.25) is 0 Å². The lowest BCUT2D eigenvalue weighted by Gasteiger charge is -2.01. The predicted molar refractivity (Wildman–Crippen MR) is 37.1 cm³/mol. The molecule has 0 aliphatic rings. The van der Waals surface area contributed by atoms with Crippen molar-refractivity contribution in [3.8, 4) is 5.75 Å². The summed E-state index contributed by atoms with van der Waals surface area (Å²) in [6.45, 7) is 0. The topological polar surface area (TPSA) is 26.3 Å². The molecule has 1 aromatic carbocycles. The lowest BCUT2D eigenvalue weighted by atomic mass is 10.3. The highest BCUT2D eigenvalue weighted by atomic mass is 31.2. The van der Waals surface area contributed by atoms with Gasteiger partial charge in [0.15, 0.2) is 11.6 Å². The van der Waals surface area contributed by atoms with E-state index in [4.69, 9.17) is 0 Å². The number of hydrogen-bond donors (Lipinski definition) is 0. The molecule has 0 fully saturated rings. The molecule has 2 nitrogen and oxygen atoms in total. The van der Waals surface area contributed by atoms with Crippen molar-refractivity contribution in [3.63, 3.8) is 0 Å². The third kappa shape index (κ3) is 2.01. The minimum Gasteiger partial charge on any atom is -0.420 e. The quantitative estimate of drug-likeness (QED) is 0.679. The summed E-state index contributed by atoms with van der Waals surface area (Å²) in [5.41, 5.74) is 0. The number of hydrogen-bond acceptors (Lipinski definition) is 2. The maximum atomic E-state index is 12.6. The van der Waals surface area contributed by atoms with E-state index in [1.165, 1.54) is 0 Å². The summed E-state index contributed by atoms with van der Waals surface area (Å²) >= 11 is 0. The smallest absolute Gasteiger partial charge is 0.404 e. The standard InChI is InChI=1S/C6H4F3O2P/c7-4-2-1-3-5(6(4)8)11-12(9)10/h1-3,12H. The van der Waals surface area contributed by atoms with Crippen molar-refractivity contribution in [2.75, 3.05) is 0 Å². The zero-order valence-electron chi connectivity index (χ0n) is 5.68. The van der Waals surface area contributed by atoms with Gasteiger partial charge in [-0.15, -0.1) is 4.20 Å². The van der Waals surface area contributed by atoms with Crippen molar-refractivity contribution in [3.05, 3.63) is 29.8 Å². The Hall–Kier alpha value is -0.960. The molecular weight excluding hydrogens is 192 g/mol. The first-order valence-corrected chi connectivity index (χ1v) is 4.12. The fourth-order valence-electron chi connectivity index (χ4n) is 0.649. The number of benzene rings is 1. The molecule has 0 heterocycles. The lowest BCUT2D eigenvalue weighted by Crippen LogP contribution is -1.87. The molecule has 1 atom stereocenters. The van der Waals surface area contributed by atoms with Crippen LogP contribution in [-0.2, 0) is 4.57 Å². The van der Waals surface area contributed by atoms with Crippen LogP contribution in [0.5, 0.6) is 5.75 Å². The van der Waals surface area contributed by atoms with E-state index in [0.717, 1.165) is 18.2 Å². The molecule has 0 amide bonds. The largest absolute Gasteiger partial charge is 0.420 e. The van der Waals surface area contributed by atoms with E-state index in [2.05, 4.69) is 4.52 Å². The first kappa shape index (κ1) is 9.13. The van der Waals surface area contributed by atoms with Crippen LogP contribution in [0.25, 0.3) is 0 Å². The van der Waals surface area contributed by atoms with E-state index < -0.39 is 25.7 Å². The van der Waals surface area contributed by atoms with E-state index >= 15 is 0 Å². The fraction of sp³-hybridized carbons (Fsp3) is 0. The van der Waals surface area contributed by atoms with E-state index in [9.17, 15) is 17.5 Å². The summed E-state index contributed by atoms with van der Waals surface area (Å²) in [4.78, 5) is 0. The van der Waals surface area contributed by atoms with Gasteiger partial charge in [-0.2, -0.15) is 4.39 Å². The predicted octanol–water partition coefficient (Wildman–Crippen LogP) is 2.70. The number of rotatable bonds is 2. The molecule has 66 valence electrons. The molecule has 0 aromatic heterocycles. The van der Waals surface area contributed by atoms with E-state index in [0.29, 0.717) is 0 Å². The highest BCUT2D eigenvalue weighted by Gasteiger charge is 2.10. The third-order valence-corrected chi connectivity index (χ3v) is 1.49. The van der Waals surface area contributed by atoms with Crippen molar-refractivity contribution in [1.82, 2.24) is 0 Å². The first-order chi connectivity index (χ1) is 5.61. The Balaban J connectivity index is 3.00. The minimum absolute atomic E-state index is 0.679. The summed E-state index contributed by atoms with van der Waals surface area (Å²) < 4.78 is 50.4. The van der Waals surface area contributed by atoms with Crippen molar-refractivity contribution in [1.29, 1.82) is 0 Å². The van der Waals surface area contributed by atoms with Crippen molar-refractivity contribution in [2.45, 2.75) is 0 Å². The molecule has 0 N–H and O–H groups in total. The van der Waals surface area contributed by atoms with Crippen LogP contribution in [0.4, 0.5) is 13.0 Å². The SMILES string of the molecule is O=[PH](F)Oc1cccc(F)c1F. The van der Waals surface area contributed by atoms with Gasteiger partial charge in [0.25, 0.3) is 0 Å². The van der Waals surface area contributed by atoms with Crippen LogP contribution in [-0.4, -0.2) is 0 Å². The summed E-state index contributed by atoms with van der Waals surface area (Å²) in [6.07, 6.45) is 0. The summed E-state index contributed by atoms with van der Waals surface area (Å²) in [5, 5.41) is 0. The molecular formula is C6H4F3O2P. The molecule has 0 spiro atoms. The molecule has 0 radical (unpaired) electrons. The summed E-state index contributed by atoms with van der Waals surface area (Å²) in [5.74, 6) is -3.19. The van der Waals surface area contributed by atoms with Crippen LogP contribution < -0.4 is 4.52 Å². The Morgan fingerprint density at radius 2 is 2.00 bits per heavy atom. The fourth-order valence-corrected chi connectivity index (χ4v) is 0.980. The average Bonchev–Trinajstić information content (AvgIpc) is 1.98. The van der Waals surface area contributed by atoms with Gasteiger partial charge >= 0.3 is 8.34 Å². The second-order valence-electron chi connectivity index (χ2n) is 1.89. The Kier molecular flexibility index (Phi) is 2.76. The van der Waals surface area contributed by atoms with Crippen LogP contribution in [0.1, 0.15) is 0 Å². The molecule has 6 heteroatoms. The molecule has 12 heavy (non-hydrogen) atoms. The Morgan fingerprint density at radius 3 is 2.58 bits per heavy atom. The highest BCUT2D eigenvalue weighted by Crippen LogP contribution is 2.30. The monoisotopic (exact) mass is 196 g/mol. The second kappa shape index (κ2) is 3.63. The van der Waals surface area contributed by atoms with Gasteiger partial charge in [-0.05, 0) is 12.1 Å². The van der Waals surface area contributed by atoms with Crippen molar-refractivity contribution < 1.29 is 22.1 Å². The first-order valence-electron chi connectivity index (χ1n) is 2.92. The Morgan fingerprint density at radius 1 is 1.33 bits per heavy atom. The minimum atomic E-state index is -3.78. The van der Waals surface area contributed by atoms with Gasteiger partial charge in [-0.3, -0.25) is 0 Å². The van der Waals surface area contributed by atoms with Crippen molar-refractivity contribution >= 4 is 8.34 Å². The van der Waals surface area contributed by atoms with Crippen LogP contribution in [0.3, 0.4) is 0 Å². The average molecular weight is 196 g/mol. The zero-order chi connectivity index (χ0) is 9.14. The molecule has 0 saturated heterocycles. The second-order valence-corrected chi connectivity index (χ2v) is 2.57. The summed E-state index contributed by atoms with van der Waals surface area (Å²) in [7, 11) is -3.78. The molecule has 0 bridgehead atoms. The van der Waals surface area contributed by atoms with Crippen LogP contribution >= 0.6 is 8.34 Å². The van der Waals surface area contributed by atoms with E-state index in [1.54, 1.807) is 0 Å². The Bertz CT molecular complexity index is 316. The Labute approximate surface area is 67.0 Å². The third-order valence-electron chi connectivity index (χ3n) is 1.11. The van der Waals surface area contributed by atoms with E-state index in [-0.39, 0.29) is 0 Å². The molecule has 0 saturated carbocycles. The van der Waals surface area contributed by atoms with Gasteiger partial charge in [0.2, 0.25) is 5.82 Å². The normalized spacial score (nSPS) is 12.6. The maximum Gasteiger partial charge on any atom is 0.404 e. The van der Waals surface area contributed by atoms with Crippen LogP contribution in [0.15, 0.2) is 18.2 Å². The molecule has 1 unspecified atom stereocenters. The lowest BCUT2D eigenvalue weighted by molar-refractivity contribution is 0.426. The van der Waals surface area contributed by atoms with E-state index in [1.807, 2.05) is 0 Å². The maximum absolute atomic E-state index is 12.6. The summed E-state index contributed by atoms with van der Waals surface area (Å²) in [6, 6.07) is 2.96. The van der Waals surface area contributed by atoms with Gasteiger partial charge in [0.1, 0.15) is 0 Å². The van der Waals surface area contributed by atoms with Crippen molar-refractivity contribution in [2.24, 2.45) is 0 Å². The van der Waals surface area contributed by atoms with Gasteiger partial charge in [-0.25, -0.2) is 8.96 Å². The van der Waals surface area contributed by atoms with Gasteiger partial charge in [-0.1, -0.05) is 6.07 Å². The van der Waals surface area contributed by atoms with Gasteiger partial charge in [0.05, 0.1) is 0 Å². The molecule has 1 aromatic rings.